The summed E-state index contributed by atoms with van der Waals surface area (Å²) in [6.07, 6.45) is 1.18. The SMILES string of the molecule is CC(Cc1ccc(OCc2cc(Cl)cc3c2OC(C)(C)C3)cc1Cl)C(=O)O. The van der Waals surface area contributed by atoms with Crippen molar-refractivity contribution in [1.29, 1.82) is 0 Å². The zero-order valence-electron chi connectivity index (χ0n) is 15.5. The molecule has 6 heteroatoms. The van der Waals surface area contributed by atoms with Crippen LogP contribution >= 0.6 is 23.2 Å². The molecule has 0 spiro atoms. The van der Waals surface area contributed by atoms with Crippen LogP contribution in [0, 0.1) is 5.92 Å². The van der Waals surface area contributed by atoms with Crippen LogP contribution in [-0.4, -0.2) is 16.7 Å². The number of carboxylic acid groups (broad SMARTS) is 1. The molecule has 1 N–H and O–H groups in total. The van der Waals surface area contributed by atoms with Gasteiger partial charge in [-0.15, -0.1) is 0 Å². The van der Waals surface area contributed by atoms with Crippen molar-refractivity contribution < 1.29 is 19.4 Å². The quantitative estimate of drug-likeness (QED) is 0.680. The number of benzene rings is 2. The molecule has 0 amide bonds. The van der Waals surface area contributed by atoms with Crippen molar-refractivity contribution in [2.75, 3.05) is 0 Å². The van der Waals surface area contributed by atoms with Gasteiger partial charge >= 0.3 is 5.97 Å². The van der Waals surface area contributed by atoms with Crippen molar-refractivity contribution in [2.24, 2.45) is 5.92 Å². The zero-order chi connectivity index (χ0) is 19.8. The van der Waals surface area contributed by atoms with Crippen LogP contribution < -0.4 is 9.47 Å². The predicted octanol–water partition coefficient (Wildman–Crippen LogP) is 5.55. The molecule has 144 valence electrons. The lowest BCUT2D eigenvalue weighted by Crippen LogP contribution is -2.25. The summed E-state index contributed by atoms with van der Waals surface area (Å²) >= 11 is 12.5. The van der Waals surface area contributed by atoms with Crippen molar-refractivity contribution in [1.82, 2.24) is 0 Å². The van der Waals surface area contributed by atoms with Gasteiger partial charge in [-0.2, -0.15) is 0 Å². The van der Waals surface area contributed by atoms with Gasteiger partial charge in [-0.05, 0) is 55.7 Å². The van der Waals surface area contributed by atoms with Gasteiger partial charge in [-0.1, -0.05) is 36.2 Å². The van der Waals surface area contributed by atoms with Gasteiger partial charge in [0.1, 0.15) is 23.7 Å². The van der Waals surface area contributed by atoms with E-state index in [2.05, 4.69) is 0 Å². The summed E-state index contributed by atoms with van der Waals surface area (Å²) in [6, 6.07) is 9.10. The Morgan fingerprint density at radius 3 is 2.67 bits per heavy atom. The first-order valence-electron chi connectivity index (χ1n) is 8.79. The first-order chi connectivity index (χ1) is 12.6. The van der Waals surface area contributed by atoms with Crippen molar-refractivity contribution in [3.63, 3.8) is 0 Å². The first-order valence-corrected chi connectivity index (χ1v) is 9.54. The van der Waals surface area contributed by atoms with E-state index in [9.17, 15) is 4.79 Å². The lowest BCUT2D eigenvalue weighted by molar-refractivity contribution is -0.141. The normalized spacial score (nSPS) is 15.7. The minimum Gasteiger partial charge on any atom is -0.489 e. The van der Waals surface area contributed by atoms with Crippen LogP contribution in [0.25, 0.3) is 0 Å². The molecule has 1 atom stereocenters. The van der Waals surface area contributed by atoms with E-state index >= 15 is 0 Å². The number of ether oxygens (including phenoxy) is 2. The highest BCUT2D eigenvalue weighted by Gasteiger charge is 2.32. The highest BCUT2D eigenvalue weighted by atomic mass is 35.5. The van der Waals surface area contributed by atoms with E-state index in [1.54, 1.807) is 25.1 Å². The topological polar surface area (TPSA) is 55.8 Å². The van der Waals surface area contributed by atoms with Gasteiger partial charge in [0, 0.05) is 22.0 Å². The van der Waals surface area contributed by atoms with E-state index in [-0.39, 0.29) is 5.60 Å². The molecule has 1 heterocycles. The molecule has 0 radical (unpaired) electrons. The minimum absolute atomic E-state index is 0.256. The first kappa shape index (κ1) is 19.8. The molecule has 1 aliphatic rings. The number of halogens is 2. The van der Waals surface area contributed by atoms with Crippen LogP contribution in [-0.2, 0) is 24.2 Å². The third kappa shape index (κ3) is 4.69. The number of carboxylic acids is 1. The summed E-state index contributed by atoms with van der Waals surface area (Å²) in [6.45, 7) is 6.05. The fourth-order valence-electron chi connectivity index (χ4n) is 3.21. The van der Waals surface area contributed by atoms with Gasteiger partial charge in [0.15, 0.2) is 0 Å². The molecule has 0 bridgehead atoms. The van der Waals surface area contributed by atoms with Gasteiger partial charge in [-0.25, -0.2) is 0 Å². The fourth-order valence-corrected chi connectivity index (χ4v) is 3.73. The highest BCUT2D eigenvalue weighted by Crippen LogP contribution is 2.40. The van der Waals surface area contributed by atoms with Crippen LogP contribution in [0.3, 0.4) is 0 Å². The van der Waals surface area contributed by atoms with Gasteiger partial charge in [-0.3, -0.25) is 4.79 Å². The van der Waals surface area contributed by atoms with E-state index in [1.807, 2.05) is 26.0 Å². The standard InChI is InChI=1S/C21H22Cl2O4/c1-12(20(24)25)6-13-4-5-17(9-18(13)23)26-11-15-8-16(22)7-14-10-21(2,3)27-19(14)15/h4-5,7-9,12H,6,10-11H2,1-3H3,(H,24,25). The Balaban J connectivity index is 1.73. The minimum atomic E-state index is -0.843. The van der Waals surface area contributed by atoms with Gasteiger partial charge in [0.25, 0.3) is 0 Å². The average molecular weight is 409 g/mol. The molecular formula is C21H22Cl2O4. The second kappa shape index (κ2) is 7.61. The van der Waals surface area contributed by atoms with Gasteiger partial charge < -0.3 is 14.6 Å². The molecule has 0 aliphatic carbocycles. The molecule has 2 aromatic carbocycles. The second-order valence-electron chi connectivity index (χ2n) is 7.58. The number of rotatable bonds is 6. The summed E-state index contributed by atoms with van der Waals surface area (Å²) < 4.78 is 11.9. The maximum atomic E-state index is 11.0. The van der Waals surface area contributed by atoms with Gasteiger partial charge in [0.2, 0.25) is 0 Å². The Bertz CT molecular complexity index is 877. The third-order valence-electron chi connectivity index (χ3n) is 4.57. The van der Waals surface area contributed by atoms with E-state index in [4.69, 9.17) is 37.8 Å². The van der Waals surface area contributed by atoms with Crippen LogP contribution in [0.4, 0.5) is 0 Å². The average Bonchev–Trinajstić information content (AvgIpc) is 2.88. The molecule has 0 aromatic heterocycles. The maximum Gasteiger partial charge on any atom is 0.306 e. The van der Waals surface area contributed by atoms with E-state index in [1.165, 1.54) is 0 Å². The lowest BCUT2D eigenvalue weighted by atomic mass is 10.0. The molecule has 1 aliphatic heterocycles. The van der Waals surface area contributed by atoms with Crippen LogP contribution in [0.5, 0.6) is 11.5 Å². The number of carbonyl (C=O) groups is 1. The molecule has 0 fully saturated rings. The number of fused-ring (bicyclic) bond motifs is 1. The molecule has 1 unspecified atom stereocenters. The van der Waals surface area contributed by atoms with Crippen LogP contribution in [0.2, 0.25) is 10.0 Å². The molecular weight excluding hydrogens is 387 g/mol. The second-order valence-corrected chi connectivity index (χ2v) is 8.42. The number of hydrogen-bond acceptors (Lipinski definition) is 3. The van der Waals surface area contributed by atoms with Crippen molar-refractivity contribution in [3.8, 4) is 11.5 Å². The molecule has 0 saturated heterocycles. The Morgan fingerprint density at radius 2 is 2.00 bits per heavy atom. The summed E-state index contributed by atoms with van der Waals surface area (Å²) in [5.74, 6) is 0.105. The summed E-state index contributed by atoms with van der Waals surface area (Å²) in [4.78, 5) is 11.0. The Labute approximate surface area is 169 Å². The van der Waals surface area contributed by atoms with E-state index < -0.39 is 11.9 Å². The number of aliphatic carboxylic acids is 1. The largest absolute Gasteiger partial charge is 0.489 e. The smallest absolute Gasteiger partial charge is 0.306 e. The molecule has 3 rings (SSSR count). The predicted molar refractivity (Wildman–Crippen MR) is 106 cm³/mol. The number of hydrogen-bond donors (Lipinski definition) is 1. The van der Waals surface area contributed by atoms with E-state index in [0.29, 0.717) is 28.8 Å². The monoisotopic (exact) mass is 408 g/mol. The molecule has 4 nitrogen and oxygen atoms in total. The summed E-state index contributed by atoms with van der Waals surface area (Å²) in [7, 11) is 0. The lowest BCUT2D eigenvalue weighted by Gasteiger charge is -2.18. The Kier molecular flexibility index (Phi) is 5.59. The van der Waals surface area contributed by atoms with Crippen LogP contribution in [0.1, 0.15) is 37.5 Å². The molecule has 0 saturated carbocycles. The van der Waals surface area contributed by atoms with E-state index in [0.717, 1.165) is 28.9 Å². The Hall–Kier alpha value is -1.91. The van der Waals surface area contributed by atoms with Crippen molar-refractivity contribution >= 4 is 29.2 Å². The molecule has 2 aromatic rings. The third-order valence-corrected chi connectivity index (χ3v) is 5.14. The summed E-state index contributed by atoms with van der Waals surface area (Å²) in [5, 5.41) is 10.2. The van der Waals surface area contributed by atoms with Gasteiger partial charge in [0.05, 0.1) is 5.92 Å². The molecule has 27 heavy (non-hydrogen) atoms. The highest BCUT2D eigenvalue weighted by molar-refractivity contribution is 6.31. The maximum absolute atomic E-state index is 11.0. The van der Waals surface area contributed by atoms with Crippen molar-refractivity contribution in [2.45, 2.75) is 45.8 Å². The zero-order valence-corrected chi connectivity index (χ0v) is 17.0. The van der Waals surface area contributed by atoms with Crippen LogP contribution in [0.15, 0.2) is 30.3 Å². The van der Waals surface area contributed by atoms with Crippen molar-refractivity contribution in [3.05, 3.63) is 57.1 Å². The summed E-state index contributed by atoms with van der Waals surface area (Å²) in [5.41, 5.74) is 2.51. The Morgan fingerprint density at radius 1 is 1.26 bits per heavy atom. The fraction of sp³-hybridized carbons (Fsp3) is 0.381.